The number of para-hydroxylation sites is 1. The number of carbonyl (C=O) groups excluding carboxylic acids is 1. The molecule has 0 bridgehead atoms. The maximum atomic E-state index is 12.6. The molecule has 0 radical (unpaired) electrons. The zero-order valence-corrected chi connectivity index (χ0v) is 12.2. The lowest BCUT2D eigenvalue weighted by Gasteiger charge is -2.26. The third kappa shape index (κ3) is 2.69. The Kier molecular flexibility index (Phi) is 4.73. The predicted octanol–water partition coefficient (Wildman–Crippen LogP) is 1.31. The number of amides is 1. The first-order valence-corrected chi connectivity index (χ1v) is 6.64. The molecule has 110 valence electrons. The normalized spacial score (nSPS) is 20.1. The van der Waals surface area contributed by atoms with E-state index in [1.165, 1.54) is 0 Å². The zero-order chi connectivity index (χ0) is 13.2. The molecule has 1 amide bonds. The molecule has 3 rings (SSSR count). The van der Waals surface area contributed by atoms with E-state index in [0.29, 0.717) is 30.3 Å². The largest absolute Gasteiger partial charge is 0.486 e. The van der Waals surface area contributed by atoms with E-state index in [9.17, 15) is 4.79 Å². The third-order valence-electron chi connectivity index (χ3n) is 3.70. The second-order valence-corrected chi connectivity index (χ2v) is 4.89. The van der Waals surface area contributed by atoms with Crippen LogP contribution in [-0.2, 0) is 0 Å². The van der Waals surface area contributed by atoms with E-state index in [2.05, 4.69) is 5.32 Å². The van der Waals surface area contributed by atoms with Gasteiger partial charge < -0.3 is 19.7 Å². The average Bonchev–Trinajstić information content (AvgIpc) is 2.99. The lowest BCUT2D eigenvalue weighted by Crippen LogP contribution is -2.38. The summed E-state index contributed by atoms with van der Waals surface area (Å²) in [4.78, 5) is 14.4. The molecule has 0 aromatic heterocycles. The van der Waals surface area contributed by atoms with Gasteiger partial charge in [0, 0.05) is 19.6 Å². The number of nitrogens with zero attached hydrogens (tertiary/aromatic N) is 1. The van der Waals surface area contributed by atoms with Crippen LogP contribution < -0.4 is 14.8 Å². The number of hydrogen-bond acceptors (Lipinski definition) is 4. The van der Waals surface area contributed by atoms with Gasteiger partial charge in [0.1, 0.15) is 13.2 Å². The number of likely N-dealkylation sites (N-methyl/N-ethyl adjacent to an activating group) is 1. The minimum atomic E-state index is -0.00366. The van der Waals surface area contributed by atoms with Crippen molar-refractivity contribution < 1.29 is 14.3 Å². The standard InChI is InChI=1S/C14H18N2O3.ClH/c1-16(10-5-6-15-9-10)14(17)11-3-2-4-12-13(11)19-8-7-18-12;/h2-4,10,15H,5-9H2,1H3;1H/t10-;/m0./s1. The fourth-order valence-corrected chi connectivity index (χ4v) is 2.57. The molecule has 0 saturated carbocycles. The number of ether oxygens (including phenoxy) is 2. The monoisotopic (exact) mass is 298 g/mol. The molecule has 5 nitrogen and oxygen atoms in total. The van der Waals surface area contributed by atoms with Gasteiger partial charge in [-0.15, -0.1) is 12.4 Å². The molecule has 1 aromatic carbocycles. The smallest absolute Gasteiger partial charge is 0.257 e. The van der Waals surface area contributed by atoms with Crippen molar-refractivity contribution in [2.75, 3.05) is 33.4 Å². The molecule has 1 saturated heterocycles. The minimum Gasteiger partial charge on any atom is -0.486 e. The van der Waals surface area contributed by atoms with E-state index in [1.807, 2.05) is 19.2 Å². The van der Waals surface area contributed by atoms with Crippen LogP contribution >= 0.6 is 12.4 Å². The summed E-state index contributed by atoms with van der Waals surface area (Å²) in [5.74, 6) is 1.24. The van der Waals surface area contributed by atoms with Gasteiger partial charge in [-0.2, -0.15) is 0 Å². The number of benzene rings is 1. The van der Waals surface area contributed by atoms with Crippen LogP contribution in [-0.4, -0.2) is 50.2 Å². The minimum absolute atomic E-state index is 0. The van der Waals surface area contributed by atoms with Gasteiger partial charge >= 0.3 is 0 Å². The summed E-state index contributed by atoms with van der Waals surface area (Å²) >= 11 is 0. The highest BCUT2D eigenvalue weighted by Crippen LogP contribution is 2.34. The highest BCUT2D eigenvalue weighted by molar-refractivity contribution is 5.98. The quantitative estimate of drug-likeness (QED) is 0.894. The van der Waals surface area contributed by atoms with Crippen LogP contribution in [0.2, 0.25) is 0 Å². The molecule has 0 unspecified atom stereocenters. The molecular formula is C14H19ClN2O3. The molecular weight excluding hydrogens is 280 g/mol. The van der Waals surface area contributed by atoms with Gasteiger partial charge in [-0.3, -0.25) is 4.79 Å². The molecule has 1 atom stereocenters. The first-order chi connectivity index (χ1) is 9.27. The predicted molar refractivity (Wildman–Crippen MR) is 78.0 cm³/mol. The van der Waals surface area contributed by atoms with Crippen LogP contribution in [0.15, 0.2) is 18.2 Å². The van der Waals surface area contributed by atoms with E-state index in [1.54, 1.807) is 11.0 Å². The maximum Gasteiger partial charge on any atom is 0.257 e. The molecule has 2 aliphatic heterocycles. The van der Waals surface area contributed by atoms with E-state index in [4.69, 9.17) is 9.47 Å². The Balaban J connectivity index is 0.00000147. The van der Waals surface area contributed by atoms with Crippen LogP contribution in [0.5, 0.6) is 11.5 Å². The van der Waals surface area contributed by atoms with E-state index < -0.39 is 0 Å². The van der Waals surface area contributed by atoms with Gasteiger partial charge in [0.2, 0.25) is 0 Å². The number of rotatable bonds is 2. The average molecular weight is 299 g/mol. The molecule has 1 fully saturated rings. The van der Waals surface area contributed by atoms with Gasteiger partial charge in [0.05, 0.1) is 5.56 Å². The van der Waals surface area contributed by atoms with Gasteiger partial charge in [-0.1, -0.05) is 6.07 Å². The van der Waals surface area contributed by atoms with Crippen LogP contribution in [0.1, 0.15) is 16.8 Å². The molecule has 2 aliphatic rings. The second kappa shape index (κ2) is 6.33. The van der Waals surface area contributed by atoms with Crippen molar-refractivity contribution in [2.45, 2.75) is 12.5 Å². The van der Waals surface area contributed by atoms with Crippen molar-refractivity contribution >= 4 is 18.3 Å². The fraction of sp³-hybridized carbons (Fsp3) is 0.500. The lowest BCUT2D eigenvalue weighted by molar-refractivity contribution is 0.0733. The fourth-order valence-electron chi connectivity index (χ4n) is 2.57. The third-order valence-corrected chi connectivity index (χ3v) is 3.70. The molecule has 1 aromatic rings. The summed E-state index contributed by atoms with van der Waals surface area (Å²) in [6, 6.07) is 5.73. The summed E-state index contributed by atoms with van der Waals surface area (Å²) < 4.78 is 11.1. The Hall–Kier alpha value is -1.46. The van der Waals surface area contributed by atoms with Gasteiger partial charge in [-0.25, -0.2) is 0 Å². The molecule has 20 heavy (non-hydrogen) atoms. The topological polar surface area (TPSA) is 50.8 Å². The number of carbonyl (C=O) groups is 1. The Bertz CT molecular complexity index is 489. The molecule has 1 N–H and O–H groups in total. The Morgan fingerprint density at radius 3 is 2.90 bits per heavy atom. The first kappa shape index (κ1) is 14.9. The molecule has 2 heterocycles. The Morgan fingerprint density at radius 2 is 2.15 bits per heavy atom. The number of halogens is 1. The van der Waals surface area contributed by atoms with E-state index in [0.717, 1.165) is 19.5 Å². The highest BCUT2D eigenvalue weighted by Gasteiger charge is 2.27. The van der Waals surface area contributed by atoms with E-state index >= 15 is 0 Å². The Morgan fingerprint density at radius 1 is 1.35 bits per heavy atom. The maximum absolute atomic E-state index is 12.6. The highest BCUT2D eigenvalue weighted by atomic mass is 35.5. The van der Waals surface area contributed by atoms with Crippen LogP contribution in [0.3, 0.4) is 0 Å². The van der Waals surface area contributed by atoms with Crippen LogP contribution in [0, 0.1) is 0 Å². The number of hydrogen-bond donors (Lipinski definition) is 1. The van der Waals surface area contributed by atoms with Crippen LogP contribution in [0.25, 0.3) is 0 Å². The van der Waals surface area contributed by atoms with Crippen molar-refractivity contribution in [3.63, 3.8) is 0 Å². The van der Waals surface area contributed by atoms with Crippen molar-refractivity contribution in [2.24, 2.45) is 0 Å². The van der Waals surface area contributed by atoms with Gasteiger partial charge in [0.15, 0.2) is 11.5 Å². The summed E-state index contributed by atoms with van der Waals surface area (Å²) in [6.45, 7) is 2.85. The van der Waals surface area contributed by atoms with Crippen molar-refractivity contribution in [3.8, 4) is 11.5 Å². The molecule has 0 aliphatic carbocycles. The zero-order valence-electron chi connectivity index (χ0n) is 11.4. The number of nitrogens with one attached hydrogen (secondary N) is 1. The van der Waals surface area contributed by atoms with Crippen molar-refractivity contribution in [1.29, 1.82) is 0 Å². The summed E-state index contributed by atoms with van der Waals surface area (Å²) in [6.07, 6.45) is 0.995. The SMILES string of the molecule is CN(C(=O)c1cccc2c1OCCO2)[C@H]1CCNC1.Cl. The van der Waals surface area contributed by atoms with Crippen molar-refractivity contribution in [3.05, 3.63) is 23.8 Å². The lowest BCUT2D eigenvalue weighted by atomic mass is 10.1. The first-order valence-electron chi connectivity index (χ1n) is 6.64. The van der Waals surface area contributed by atoms with E-state index in [-0.39, 0.29) is 24.4 Å². The summed E-state index contributed by atoms with van der Waals surface area (Å²) in [7, 11) is 1.85. The molecule has 0 spiro atoms. The Labute approximate surface area is 124 Å². The van der Waals surface area contributed by atoms with Gasteiger partial charge in [0.25, 0.3) is 5.91 Å². The van der Waals surface area contributed by atoms with Gasteiger partial charge in [-0.05, 0) is 25.1 Å². The second-order valence-electron chi connectivity index (χ2n) is 4.89. The summed E-state index contributed by atoms with van der Waals surface area (Å²) in [5, 5.41) is 3.27. The van der Waals surface area contributed by atoms with Crippen molar-refractivity contribution in [1.82, 2.24) is 10.2 Å². The summed E-state index contributed by atoms with van der Waals surface area (Å²) in [5.41, 5.74) is 0.589. The number of fused-ring (bicyclic) bond motifs is 1. The molecule has 6 heteroatoms. The van der Waals surface area contributed by atoms with Crippen LogP contribution in [0.4, 0.5) is 0 Å².